The minimum atomic E-state index is 0.733. The summed E-state index contributed by atoms with van der Waals surface area (Å²) in [5.41, 5.74) is 3.79. The van der Waals surface area contributed by atoms with Gasteiger partial charge in [-0.25, -0.2) is 9.97 Å². The van der Waals surface area contributed by atoms with E-state index in [0.29, 0.717) is 0 Å². The molecule has 160 valence electrons. The highest BCUT2D eigenvalue weighted by molar-refractivity contribution is 7.22. The van der Waals surface area contributed by atoms with Crippen molar-refractivity contribution < 1.29 is 4.74 Å². The van der Waals surface area contributed by atoms with Gasteiger partial charge in [0.25, 0.3) is 0 Å². The molecule has 5 rings (SSSR count). The van der Waals surface area contributed by atoms with Gasteiger partial charge in [-0.3, -0.25) is 4.98 Å². The van der Waals surface area contributed by atoms with Gasteiger partial charge in [0, 0.05) is 30.6 Å². The summed E-state index contributed by atoms with van der Waals surface area (Å²) >= 11 is 1.69. The topological polar surface area (TPSA) is 75.7 Å². The summed E-state index contributed by atoms with van der Waals surface area (Å²) in [4.78, 5) is 17.0. The van der Waals surface area contributed by atoms with E-state index in [1.54, 1.807) is 17.5 Å². The van der Waals surface area contributed by atoms with Crippen LogP contribution in [0.5, 0.6) is 11.5 Å². The predicted octanol–water partition coefficient (Wildman–Crippen LogP) is 6.48. The molecule has 1 aliphatic rings. The first-order valence-electron chi connectivity index (χ1n) is 11.0. The molecule has 3 aromatic heterocycles. The van der Waals surface area contributed by atoms with Crippen LogP contribution in [0.3, 0.4) is 0 Å². The lowest BCUT2D eigenvalue weighted by atomic mass is 9.89. The van der Waals surface area contributed by atoms with Gasteiger partial charge in [-0.15, -0.1) is 0 Å². The number of nitrogens with zero attached hydrogens (tertiary/aromatic N) is 3. The number of anilines is 1. The van der Waals surface area contributed by atoms with Crippen LogP contribution in [-0.4, -0.2) is 26.5 Å². The summed E-state index contributed by atoms with van der Waals surface area (Å²) in [5, 5.41) is 4.55. The second-order valence-corrected chi connectivity index (χ2v) is 9.34. The number of aryl methyl sites for hydroxylation is 2. The third kappa shape index (κ3) is 4.56. The van der Waals surface area contributed by atoms with Crippen LogP contribution in [0.1, 0.15) is 43.5 Å². The van der Waals surface area contributed by atoms with Gasteiger partial charge >= 0.3 is 0 Å². The van der Waals surface area contributed by atoms with Crippen molar-refractivity contribution in [1.29, 1.82) is 0 Å². The van der Waals surface area contributed by atoms with Gasteiger partial charge in [-0.1, -0.05) is 30.6 Å². The highest BCUT2D eigenvalue weighted by Crippen LogP contribution is 2.32. The van der Waals surface area contributed by atoms with E-state index in [1.807, 2.05) is 38.1 Å². The van der Waals surface area contributed by atoms with Crippen molar-refractivity contribution >= 4 is 26.7 Å². The number of imidazole rings is 1. The monoisotopic (exact) mass is 433 g/mol. The number of rotatable bonds is 6. The van der Waals surface area contributed by atoms with Gasteiger partial charge in [0.2, 0.25) is 0 Å². The number of nitrogens with one attached hydrogen (secondary N) is 2. The lowest BCUT2D eigenvalue weighted by Gasteiger charge is -2.21. The highest BCUT2D eigenvalue weighted by Gasteiger charge is 2.14. The molecular formula is C24H27N5OS. The summed E-state index contributed by atoms with van der Waals surface area (Å²) in [6.45, 7) is 5.02. The first-order valence-corrected chi connectivity index (χ1v) is 11.8. The molecule has 0 atom stereocenters. The molecule has 1 aromatic carbocycles. The Balaban J connectivity index is 1.30. The number of hydrogen-bond acceptors (Lipinski definition) is 6. The molecular weight excluding hydrogens is 406 g/mol. The molecule has 1 aliphatic carbocycles. The number of thiazole rings is 1. The number of hydrogen-bond donors (Lipinski definition) is 2. The van der Waals surface area contributed by atoms with E-state index in [1.165, 1.54) is 32.1 Å². The Kier molecular flexibility index (Phi) is 5.59. The zero-order valence-electron chi connectivity index (χ0n) is 17.9. The molecule has 0 unspecified atom stereocenters. The predicted molar refractivity (Wildman–Crippen MR) is 126 cm³/mol. The first kappa shape index (κ1) is 20.0. The highest BCUT2D eigenvalue weighted by atomic mass is 32.1. The van der Waals surface area contributed by atoms with E-state index in [2.05, 4.69) is 26.3 Å². The van der Waals surface area contributed by atoms with Gasteiger partial charge in [0.1, 0.15) is 17.2 Å². The summed E-state index contributed by atoms with van der Waals surface area (Å²) in [5.74, 6) is 3.06. The van der Waals surface area contributed by atoms with Gasteiger partial charge in [-0.2, -0.15) is 0 Å². The lowest BCUT2D eigenvalue weighted by Crippen LogP contribution is -2.16. The lowest BCUT2D eigenvalue weighted by molar-refractivity contribution is 0.373. The van der Waals surface area contributed by atoms with Crippen LogP contribution < -0.4 is 10.1 Å². The SMILES string of the molecule is Cc1nc(-c2cc(Oc3ccc4nc(NCC5CCCCC5)sc4c3)ccn2)[nH]c1C. The molecule has 0 saturated heterocycles. The van der Waals surface area contributed by atoms with Crippen molar-refractivity contribution in [1.82, 2.24) is 19.9 Å². The van der Waals surface area contributed by atoms with E-state index in [-0.39, 0.29) is 0 Å². The maximum absolute atomic E-state index is 6.13. The Labute approximate surface area is 186 Å². The average molecular weight is 434 g/mol. The number of benzene rings is 1. The molecule has 1 saturated carbocycles. The molecule has 0 spiro atoms. The number of aromatic amines is 1. The van der Waals surface area contributed by atoms with E-state index >= 15 is 0 Å². The van der Waals surface area contributed by atoms with Gasteiger partial charge < -0.3 is 15.0 Å². The summed E-state index contributed by atoms with van der Waals surface area (Å²) in [6, 6.07) is 9.81. The molecule has 31 heavy (non-hydrogen) atoms. The second kappa shape index (κ2) is 8.67. The largest absolute Gasteiger partial charge is 0.457 e. The molecule has 1 fully saturated rings. The van der Waals surface area contributed by atoms with E-state index in [0.717, 1.165) is 62.2 Å². The molecule has 6 nitrogen and oxygen atoms in total. The van der Waals surface area contributed by atoms with Crippen LogP contribution in [0.2, 0.25) is 0 Å². The normalized spacial score (nSPS) is 14.8. The van der Waals surface area contributed by atoms with Crippen LogP contribution in [0.15, 0.2) is 36.5 Å². The second-order valence-electron chi connectivity index (χ2n) is 8.31. The minimum absolute atomic E-state index is 0.733. The fourth-order valence-corrected chi connectivity index (χ4v) is 4.98. The molecule has 3 heterocycles. The minimum Gasteiger partial charge on any atom is -0.457 e. The van der Waals surface area contributed by atoms with E-state index < -0.39 is 0 Å². The zero-order chi connectivity index (χ0) is 21.2. The first-order chi connectivity index (χ1) is 15.1. The molecule has 7 heteroatoms. The van der Waals surface area contributed by atoms with Crippen molar-refractivity contribution in [3.63, 3.8) is 0 Å². The quantitative estimate of drug-likeness (QED) is 0.364. The number of pyridine rings is 1. The number of ether oxygens (including phenoxy) is 1. The number of fused-ring (bicyclic) bond motifs is 1. The van der Waals surface area contributed by atoms with Crippen molar-refractivity contribution in [3.05, 3.63) is 47.9 Å². The molecule has 0 aliphatic heterocycles. The van der Waals surface area contributed by atoms with Crippen LogP contribution >= 0.6 is 11.3 Å². The smallest absolute Gasteiger partial charge is 0.183 e. The van der Waals surface area contributed by atoms with Crippen LogP contribution in [0, 0.1) is 19.8 Å². The van der Waals surface area contributed by atoms with Gasteiger partial charge in [-0.05, 0) is 50.8 Å². The molecule has 0 amide bonds. The van der Waals surface area contributed by atoms with Crippen molar-refractivity contribution in [2.45, 2.75) is 46.0 Å². The summed E-state index contributed by atoms with van der Waals surface area (Å²) < 4.78 is 7.25. The fourth-order valence-electron chi connectivity index (χ4n) is 4.08. The zero-order valence-corrected chi connectivity index (χ0v) is 18.8. The van der Waals surface area contributed by atoms with Crippen molar-refractivity contribution in [2.24, 2.45) is 5.92 Å². The molecule has 2 N–H and O–H groups in total. The van der Waals surface area contributed by atoms with Gasteiger partial charge in [0.05, 0.1) is 15.9 Å². The number of aromatic nitrogens is 4. The molecule has 4 aromatic rings. The van der Waals surface area contributed by atoms with E-state index in [9.17, 15) is 0 Å². The third-order valence-corrected chi connectivity index (χ3v) is 6.94. The Morgan fingerprint density at radius 2 is 1.90 bits per heavy atom. The standard InChI is InChI=1S/C24H27N5OS/c1-15-16(2)28-23(27-15)21-12-19(10-11-25-21)30-18-8-9-20-22(13-18)31-24(29-20)26-14-17-6-4-3-5-7-17/h8-13,17H,3-7,14H2,1-2H3,(H,26,29)(H,27,28). The summed E-state index contributed by atoms with van der Waals surface area (Å²) in [6.07, 6.45) is 8.53. The van der Waals surface area contributed by atoms with Gasteiger partial charge in [0.15, 0.2) is 11.0 Å². The Morgan fingerprint density at radius 1 is 1.06 bits per heavy atom. The maximum Gasteiger partial charge on any atom is 0.183 e. The van der Waals surface area contributed by atoms with E-state index in [4.69, 9.17) is 9.72 Å². The van der Waals surface area contributed by atoms with Crippen LogP contribution in [0.25, 0.3) is 21.7 Å². The molecule has 0 radical (unpaired) electrons. The Morgan fingerprint density at radius 3 is 2.71 bits per heavy atom. The number of H-pyrrole nitrogens is 1. The Hall–Kier alpha value is -2.93. The summed E-state index contributed by atoms with van der Waals surface area (Å²) in [7, 11) is 0. The Bertz CT molecular complexity index is 1170. The van der Waals surface area contributed by atoms with Crippen molar-refractivity contribution in [2.75, 3.05) is 11.9 Å². The fraction of sp³-hybridized carbons (Fsp3) is 0.375. The molecule has 0 bridgehead atoms. The van der Waals surface area contributed by atoms with Crippen molar-refractivity contribution in [3.8, 4) is 23.0 Å². The average Bonchev–Trinajstić information content (AvgIpc) is 3.35. The third-order valence-electron chi connectivity index (χ3n) is 5.96. The maximum atomic E-state index is 6.13. The van der Waals surface area contributed by atoms with Crippen LogP contribution in [-0.2, 0) is 0 Å². The van der Waals surface area contributed by atoms with Crippen LogP contribution in [0.4, 0.5) is 5.13 Å².